The number of rotatable bonds is 10. The van der Waals surface area contributed by atoms with E-state index in [9.17, 15) is 0 Å². The molecule has 0 aliphatic carbocycles. The summed E-state index contributed by atoms with van der Waals surface area (Å²) in [6.07, 6.45) is 16.7. The SMILES string of the molecule is C=CCCCOc1ccc(C=Cc2ccc(C=Cc3cc[n+](CC)cc3)cc2)cc1. The van der Waals surface area contributed by atoms with E-state index in [-0.39, 0.29) is 0 Å². The highest BCUT2D eigenvalue weighted by Crippen LogP contribution is 2.16. The second-order valence-electron chi connectivity index (χ2n) is 7.14. The summed E-state index contributed by atoms with van der Waals surface area (Å²) in [4.78, 5) is 0. The number of benzene rings is 2. The number of ether oxygens (including phenoxy) is 1. The minimum absolute atomic E-state index is 0.727. The van der Waals surface area contributed by atoms with Gasteiger partial charge in [-0.05, 0) is 54.2 Å². The molecular formula is C28H30NO+. The minimum Gasteiger partial charge on any atom is -0.494 e. The van der Waals surface area contributed by atoms with E-state index in [2.05, 4.69) is 103 Å². The highest BCUT2D eigenvalue weighted by Gasteiger charge is 1.96. The average Bonchev–Trinajstić information content (AvgIpc) is 2.81. The first-order valence-electron chi connectivity index (χ1n) is 10.6. The van der Waals surface area contributed by atoms with Gasteiger partial charge in [-0.1, -0.05) is 66.8 Å². The highest BCUT2D eigenvalue weighted by molar-refractivity contribution is 5.72. The molecule has 0 bridgehead atoms. The van der Waals surface area contributed by atoms with Gasteiger partial charge in [0.15, 0.2) is 12.4 Å². The normalized spacial score (nSPS) is 11.2. The first kappa shape index (κ1) is 21.3. The van der Waals surface area contributed by atoms with E-state index >= 15 is 0 Å². The van der Waals surface area contributed by atoms with Gasteiger partial charge in [-0.2, -0.15) is 0 Å². The van der Waals surface area contributed by atoms with E-state index in [4.69, 9.17) is 4.74 Å². The fourth-order valence-corrected chi connectivity index (χ4v) is 2.99. The summed E-state index contributed by atoms with van der Waals surface area (Å²) in [5, 5.41) is 0. The predicted octanol–water partition coefficient (Wildman–Crippen LogP) is 6.68. The molecule has 2 aromatic carbocycles. The summed E-state index contributed by atoms with van der Waals surface area (Å²) >= 11 is 0. The lowest BCUT2D eigenvalue weighted by Crippen LogP contribution is -2.30. The Bertz CT molecular complexity index is 965. The van der Waals surface area contributed by atoms with Gasteiger partial charge in [0.2, 0.25) is 0 Å². The molecule has 30 heavy (non-hydrogen) atoms. The molecule has 1 heterocycles. The number of nitrogens with zero attached hydrogens (tertiary/aromatic N) is 1. The Labute approximate surface area is 180 Å². The van der Waals surface area contributed by atoms with Crippen LogP contribution in [0, 0.1) is 0 Å². The van der Waals surface area contributed by atoms with Crippen LogP contribution in [0.5, 0.6) is 5.75 Å². The van der Waals surface area contributed by atoms with Crippen molar-refractivity contribution in [3.05, 3.63) is 108 Å². The van der Waals surface area contributed by atoms with E-state index in [1.807, 2.05) is 18.2 Å². The Balaban J connectivity index is 1.53. The third-order valence-electron chi connectivity index (χ3n) is 4.86. The van der Waals surface area contributed by atoms with Crippen molar-refractivity contribution in [1.82, 2.24) is 0 Å². The van der Waals surface area contributed by atoms with Crippen molar-refractivity contribution in [3.63, 3.8) is 0 Å². The molecule has 3 aromatic rings. The first-order valence-corrected chi connectivity index (χ1v) is 10.6. The third-order valence-corrected chi connectivity index (χ3v) is 4.86. The fourth-order valence-electron chi connectivity index (χ4n) is 2.99. The van der Waals surface area contributed by atoms with Crippen LogP contribution in [0.2, 0.25) is 0 Å². The first-order chi connectivity index (χ1) is 14.8. The largest absolute Gasteiger partial charge is 0.494 e. The van der Waals surface area contributed by atoms with Crippen LogP contribution < -0.4 is 9.30 Å². The van der Waals surface area contributed by atoms with Crippen LogP contribution in [0.1, 0.15) is 42.0 Å². The Morgan fingerprint density at radius 3 is 1.67 bits per heavy atom. The molecular weight excluding hydrogens is 366 g/mol. The molecule has 0 aliphatic rings. The molecule has 0 aliphatic heterocycles. The monoisotopic (exact) mass is 396 g/mol. The Kier molecular flexibility index (Phi) is 8.23. The molecule has 0 saturated heterocycles. The van der Waals surface area contributed by atoms with Crippen LogP contribution >= 0.6 is 0 Å². The average molecular weight is 397 g/mol. The van der Waals surface area contributed by atoms with Crippen LogP contribution in [0.15, 0.2) is 85.7 Å². The summed E-state index contributed by atoms with van der Waals surface area (Å²) in [6.45, 7) is 7.59. The van der Waals surface area contributed by atoms with Crippen molar-refractivity contribution < 1.29 is 9.30 Å². The number of hydrogen-bond acceptors (Lipinski definition) is 1. The molecule has 0 fully saturated rings. The molecule has 3 rings (SSSR count). The maximum atomic E-state index is 5.73. The van der Waals surface area contributed by atoms with Crippen LogP contribution in [-0.2, 0) is 6.54 Å². The fraction of sp³-hybridized carbons (Fsp3) is 0.179. The van der Waals surface area contributed by atoms with Crippen molar-refractivity contribution in [2.24, 2.45) is 0 Å². The van der Waals surface area contributed by atoms with Crippen LogP contribution in [0.4, 0.5) is 0 Å². The Morgan fingerprint density at radius 2 is 1.20 bits per heavy atom. The van der Waals surface area contributed by atoms with Gasteiger partial charge in [0.25, 0.3) is 0 Å². The molecule has 2 nitrogen and oxygen atoms in total. The van der Waals surface area contributed by atoms with Gasteiger partial charge in [-0.25, -0.2) is 4.57 Å². The topological polar surface area (TPSA) is 13.1 Å². The summed E-state index contributed by atoms with van der Waals surface area (Å²) < 4.78 is 7.88. The van der Waals surface area contributed by atoms with Crippen molar-refractivity contribution >= 4 is 24.3 Å². The molecule has 0 N–H and O–H groups in total. The molecule has 0 radical (unpaired) electrons. The lowest BCUT2D eigenvalue weighted by atomic mass is 10.1. The second kappa shape index (κ2) is 11.6. The number of aryl methyl sites for hydroxylation is 1. The molecule has 0 atom stereocenters. The molecule has 2 heteroatoms. The van der Waals surface area contributed by atoms with E-state index in [1.54, 1.807) is 0 Å². The zero-order valence-corrected chi connectivity index (χ0v) is 17.7. The second-order valence-corrected chi connectivity index (χ2v) is 7.14. The maximum absolute atomic E-state index is 5.73. The van der Waals surface area contributed by atoms with Crippen molar-refractivity contribution in [2.75, 3.05) is 6.61 Å². The lowest BCUT2D eigenvalue weighted by Gasteiger charge is -2.05. The third kappa shape index (κ3) is 6.89. The summed E-state index contributed by atoms with van der Waals surface area (Å²) in [5.41, 5.74) is 4.74. The van der Waals surface area contributed by atoms with Crippen LogP contribution in [0.25, 0.3) is 24.3 Å². The van der Waals surface area contributed by atoms with Crippen molar-refractivity contribution in [1.29, 1.82) is 0 Å². The van der Waals surface area contributed by atoms with E-state index in [0.29, 0.717) is 0 Å². The standard InChI is InChI=1S/C28H30NO/c1-3-5-6-23-30-28-17-15-26(16-18-28)12-11-24-7-9-25(10-8-24)13-14-27-19-21-29(4-2)22-20-27/h3,7-22H,1,4-6,23H2,2H3/q+1. The molecule has 0 saturated carbocycles. The zero-order valence-electron chi connectivity index (χ0n) is 17.7. The summed E-state index contributed by atoms with van der Waals surface area (Å²) in [6, 6.07) is 21.0. The predicted molar refractivity (Wildman–Crippen MR) is 128 cm³/mol. The van der Waals surface area contributed by atoms with Crippen molar-refractivity contribution in [2.45, 2.75) is 26.3 Å². The minimum atomic E-state index is 0.727. The summed E-state index contributed by atoms with van der Waals surface area (Å²) in [5.74, 6) is 0.912. The lowest BCUT2D eigenvalue weighted by molar-refractivity contribution is -0.693. The summed E-state index contributed by atoms with van der Waals surface area (Å²) in [7, 11) is 0. The van der Waals surface area contributed by atoms with Gasteiger partial charge in [-0.15, -0.1) is 6.58 Å². The van der Waals surface area contributed by atoms with Gasteiger partial charge in [0.05, 0.1) is 6.61 Å². The molecule has 152 valence electrons. The smallest absolute Gasteiger partial charge is 0.169 e. The van der Waals surface area contributed by atoms with Crippen LogP contribution in [0.3, 0.4) is 0 Å². The van der Waals surface area contributed by atoms with Crippen LogP contribution in [-0.4, -0.2) is 6.61 Å². The van der Waals surface area contributed by atoms with Crippen molar-refractivity contribution in [3.8, 4) is 5.75 Å². The van der Waals surface area contributed by atoms with Gasteiger partial charge in [0.1, 0.15) is 12.3 Å². The number of allylic oxidation sites excluding steroid dienone is 1. The van der Waals surface area contributed by atoms with Gasteiger partial charge >= 0.3 is 0 Å². The number of hydrogen-bond donors (Lipinski definition) is 0. The van der Waals surface area contributed by atoms with E-state index < -0.39 is 0 Å². The van der Waals surface area contributed by atoms with Gasteiger partial charge in [-0.3, -0.25) is 0 Å². The number of pyridine rings is 1. The Hall–Kier alpha value is -3.39. The molecule has 0 amide bonds. The highest BCUT2D eigenvalue weighted by atomic mass is 16.5. The zero-order chi connectivity index (χ0) is 21.0. The van der Waals surface area contributed by atoms with Gasteiger partial charge in [0, 0.05) is 12.1 Å². The molecule has 0 spiro atoms. The Morgan fingerprint density at radius 1 is 0.733 bits per heavy atom. The number of unbranched alkanes of at least 4 members (excludes halogenated alkanes) is 1. The van der Waals surface area contributed by atoms with E-state index in [1.165, 1.54) is 16.7 Å². The quantitative estimate of drug-likeness (QED) is 0.161. The molecule has 1 aromatic heterocycles. The molecule has 0 unspecified atom stereocenters. The van der Waals surface area contributed by atoms with E-state index in [0.717, 1.165) is 37.3 Å². The van der Waals surface area contributed by atoms with Gasteiger partial charge < -0.3 is 4.74 Å². The maximum Gasteiger partial charge on any atom is 0.169 e. The number of aromatic nitrogens is 1.